The highest BCUT2D eigenvalue weighted by molar-refractivity contribution is 6.05. The average Bonchev–Trinajstić information content (AvgIpc) is 3.53. The highest BCUT2D eigenvalue weighted by Crippen LogP contribution is 2.29. The quantitative estimate of drug-likeness (QED) is 0.479. The number of imide groups is 1. The Morgan fingerprint density at radius 2 is 1.97 bits per heavy atom. The maximum atomic E-state index is 13.1. The number of hydrogen-bond acceptors (Lipinski definition) is 6. The zero-order valence-electron chi connectivity index (χ0n) is 17.5. The third-order valence-electron chi connectivity index (χ3n) is 6.18. The van der Waals surface area contributed by atoms with E-state index in [1.54, 1.807) is 17.1 Å². The predicted octanol–water partition coefficient (Wildman–Crippen LogP) is 1.43. The van der Waals surface area contributed by atoms with Crippen molar-refractivity contribution in [1.82, 2.24) is 34.8 Å². The summed E-state index contributed by atoms with van der Waals surface area (Å²) >= 11 is 0. The number of carbonyl (C=O) groups is 3. The van der Waals surface area contributed by atoms with Crippen molar-refractivity contribution in [2.75, 3.05) is 0 Å². The Morgan fingerprint density at radius 1 is 1.09 bits per heavy atom. The van der Waals surface area contributed by atoms with E-state index in [2.05, 4.69) is 20.6 Å². The summed E-state index contributed by atoms with van der Waals surface area (Å²) in [5.74, 6) is -0.930. The van der Waals surface area contributed by atoms with E-state index in [0.717, 1.165) is 22.3 Å². The Kier molecular flexibility index (Phi) is 4.32. The smallest absolute Gasteiger partial charge is 0.255 e. The Morgan fingerprint density at radius 3 is 2.85 bits per heavy atom. The van der Waals surface area contributed by atoms with Crippen molar-refractivity contribution in [3.63, 3.8) is 0 Å². The van der Waals surface area contributed by atoms with Crippen LogP contribution in [0.25, 0.3) is 16.7 Å². The van der Waals surface area contributed by atoms with Crippen LogP contribution in [0.15, 0.2) is 55.0 Å². The molecule has 4 heterocycles. The molecule has 0 aliphatic carbocycles. The van der Waals surface area contributed by atoms with Gasteiger partial charge in [-0.1, -0.05) is 23.4 Å². The van der Waals surface area contributed by atoms with E-state index in [1.165, 1.54) is 4.90 Å². The molecule has 33 heavy (non-hydrogen) atoms. The summed E-state index contributed by atoms with van der Waals surface area (Å²) in [4.78, 5) is 42.7. The molecule has 10 nitrogen and oxygen atoms in total. The average molecular weight is 441 g/mol. The van der Waals surface area contributed by atoms with Crippen LogP contribution >= 0.6 is 0 Å². The highest BCUT2D eigenvalue weighted by Gasteiger charge is 2.39. The maximum Gasteiger partial charge on any atom is 0.255 e. The lowest BCUT2D eigenvalue weighted by molar-refractivity contribution is -0.136. The lowest BCUT2D eigenvalue weighted by Crippen LogP contribution is -2.52. The van der Waals surface area contributed by atoms with Crippen LogP contribution in [-0.2, 0) is 22.7 Å². The zero-order valence-corrected chi connectivity index (χ0v) is 17.5. The van der Waals surface area contributed by atoms with Crippen LogP contribution < -0.4 is 5.32 Å². The van der Waals surface area contributed by atoms with E-state index in [9.17, 15) is 14.4 Å². The van der Waals surface area contributed by atoms with Gasteiger partial charge in [-0.25, -0.2) is 9.67 Å². The number of amides is 3. The van der Waals surface area contributed by atoms with Gasteiger partial charge in [0.2, 0.25) is 11.8 Å². The summed E-state index contributed by atoms with van der Waals surface area (Å²) in [6.45, 7) is 0.866. The molecule has 0 saturated carbocycles. The second-order valence-electron chi connectivity index (χ2n) is 8.26. The first-order valence-electron chi connectivity index (χ1n) is 10.7. The van der Waals surface area contributed by atoms with Crippen molar-refractivity contribution in [2.45, 2.75) is 32.0 Å². The minimum atomic E-state index is -0.631. The third-order valence-corrected chi connectivity index (χ3v) is 6.18. The molecule has 0 radical (unpaired) electrons. The highest BCUT2D eigenvalue weighted by atomic mass is 16.2. The van der Waals surface area contributed by atoms with E-state index >= 15 is 0 Å². The molecule has 1 N–H and O–H groups in total. The predicted molar refractivity (Wildman–Crippen MR) is 116 cm³/mol. The molecule has 2 aliphatic rings. The summed E-state index contributed by atoms with van der Waals surface area (Å²) in [5.41, 5.74) is 4.79. The summed E-state index contributed by atoms with van der Waals surface area (Å²) < 4.78 is 3.64. The monoisotopic (exact) mass is 441 g/mol. The minimum absolute atomic E-state index is 0.216. The first-order valence-corrected chi connectivity index (χ1v) is 10.7. The lowest BCUT2D eigenvalue weighted by atomic mass is 10.0. The molecule has 1 atom stereocenters. The fraction of sp³-hybridized carbons (Fsp3) is 0.217. The van der Waals surface area contributed by atoms with Gasteiger partial charge in [-0.2, -0.15) is 0 Å². The van der Waals surface area contributed by atoms with Crippen molar-refractivity contribution >= 4 is 28.8 Å². The molecule has 10 heteroatoms. The van der Waals surface area contributed by atoms with Gasteiger partial charge in [0.05, 0.1) is 35.8 Å². The Balaban J connectivity index is 1.23. The topological polar surface area (TPSA) is 115 Å². The number of carbonyl (C=O) groups excluding carboxylic acids is 3. The first kappa shape index (κ1) is 19.4. The SMILES string of the molecule is O=C1CCC(N2Cc3ccc(-n4cc(Cn5cnc6ccccc65)nn4)cc3C2=O)C(=O)N1. The zero-order chi connectivity index (χ0) is 22.5. The number of piperidine rings is 1. The standard InChI is InChI=1S/C23H19N7O3/c31-21-8-7-20(22(32)25-21)29-10-14-5-6-16(9-17(14)23(29)33)30-12-15(26-27-30)11-28-13-24-18-3-1-2-4-19(18)28/h1-6,9,12-13,20H,7-8,10-11H2,(H,25,31,32). The number of nitrogens with one attached hydrogen (secondary N) is 1. The number of imidazole rings is 1. The van der Waals surface area contributed by atoms with Crippen molar-refractivity contribution in [3.8, 4) is 5.69 Å². The minimum Gasteiger partial charge on any atom is -0.324 e. The van der Waals surface area contributed by atoms with Gasteiger partial charge in [-0.15, -0.1) is 5.10 Å². The Hall–Kier alpha value is -4.34. The fourth-order valence-corrected chi connectivity index (χ4v) is 4.49. The van der Waals surface area contributed by atoms with Gasteiger partial charge >= 0.3 is 0 Å². The molecule has 1 saturated heterocycles. The van der Waals surface area contributed by atoms with Crippen molar-refractivity contribution in [3.05, 3.63) is 71.8 Å². The Labute approximate surface area is 187 Å². The van der Waals surface area contributed by atoms with E-state index < -0.39 is 11.9 Å². The number of rotatable bonds is 4. The van der Waals surface area contributed by atoms with Gasteiger partial charge in [0.15, 0.2) is 0 Å². The van der Waals surface area contributed by atoms with Gasteiger partial charge in [-0.3, -0.25) is 19.7 Å². The number of nitrogens with zero attached hydrogens (tertiary/aromatic N) is 6. The summed E-state index contributed by atoms with van der Waals surface area (Å²) in [5, 5.41) is 10.8. The number of benzene rings is 2. The lowest BCUT2D eigenvalue weighted by Gasteiger charge is -2.29. The van der Waals surface area contributed by atoms with Crippen LogP contribution in [0, 0.1) is 0 Å². The van der Waals surface area contributed by atoms with E-state index in [4.69, 9.17) is 0 Å². The molecule has 3 amide bonds. The van der Waals surface area contributed by atoms with Gasteiger partial charge < -0.3 is 9.47 Å². The van der Waals surface area contributed by atoms with Crippen LogP contribution in [0.4, 0.5) is 0 Å². The largest absolute Gasteiger partial charge is 0.324 e. The maximum absolute atomic E-state index is 13.1. The molecule has 0 spiro atoms. The number of aromatic nitrogens is 5. The molecule has 2 aliphatic heterocycles. The van der Waals surface area contributed by atoms with Crippen LogP contribution in [-0.4, -0.2) is 53.2 Å². The molecule has 2 aromatic heterocycles. The molecule has 2 aromatic carbocycles. The van der Waals surface area contributed by atoms with Crippen LogP contribution in [0.2, 0.25) is 0 Å². The van der Waals surface area contributed by atoms with Crippen LogP contribution in [0.1, 0.15) is 34.5 Å². The molecule has 1 fully saturated rings. The van der Waals surface area contributed by atoms with Gasteiger partial charge in [0.1, 0.15) is 11.7 Å². The number of hydrogen-bond donors (Lipinski definition) is 1. The van der Waals surface area contributed by atoms with E-state index in [-0.39, 0.29) is 18.2 Å². The number of para-hydroxylation sites is 2. The van der Waals surface area contributed by atoms with Gasteiger partial charge in [0.25, 0.3) is 5.91 Å². The summed E-state index contributed by atoms with van der Waals surface area (Å²) in [6.07, 6.45) is 4.18. The van der Waals surface area contributed by atoms with Crippen molar-refractivity contribution in [2.24, 2.45) is 0 Å². The van der Waals surface area contributed by atoms with Gasteiger partial charge in [-0.05, 0) is 36.2 Å². The van der Waals surface area contributed by atoms with Crippen molar-refractivity contribution < 1.29 is 14.4 Å². The third kappa shape index (κ3) is 3.27. The fourth-order valence-electron chi connectivity index (χ4n) is 4.49. The molecule has 4 aromatic rings. The second-order valence-corrected chi connectivity index (χ2v) is 8.26. The normalized spacial score (nSPS) is 18.1. The van der Waals surface area contributed by atoms with Crippen LogP contribution in [0.5, 0.6) is 0 Å². The van der Waals surface area contributed by atoms with E-state index in [0.29, 0.717) is 30.8 Å². The van der Waals surface area contributed by atoms with Crippen molar-refractivity contribution in [1.29, 1.82) is 0 Å². The summed E-state index contributed by atoms with van der Waals surface area (Å²) in [6, 6.07) is 12.8. The second kappa shape index (κ2) is 7.37. The molecule has 0 bridgehead atoms. The Bertz CT molecular complexity index is 1440. The van der Waals surface area contributed by atoms with E-state index in [1.807, 2.05) is 47.2 Å². The number of fused-ring (bicyclic) bond motifs is 2. The van der Waals surface area contributed by atoms with Crippen LogP contribution in [0.3, 0.4) is 0 Å². The first-order chi connectivity index (χ1) is 16.1. The van der Waals surface area contributed by atoms with Gasteiger partial charge in [0, 0.05) is 18.5 Å². The molecule has 1 unspecified atom stereocenters. The molecule has 164 valence electrons. The molecular formula is C23H19N7O3. The molecule has 6 rings (SSSR count). The molecular weight excluding hydrogens is 422 g/mol. The summed E-state index contributed by atoms with van der Waals surface area (Å²) in [7, 11) is 0.